The molecule has 104 valence electrons. The first kappa shape index (κ1) is 14.4. The Morgan fingerprint density at radius 3 is 2.70 bits per heavy atom. The molecule has 2 aromatic rings. The van der Waals surface area contributed by atoms with E-state index in [0.717, 1.165) is 16.3 Å². The van der Waals surface area contributed by atoms with E-state index in [-0.39, 0.29) is 5.91 Å². The van der Waals surface area contributed by atoms with Gasteiger partial charge < -0.3 is 10.6 Å². The number of rotatable bonds is 4. The van der Waals surface area contributed by atoms with Crippen LogP contribution < -0.4 is 10.6 Å². The van der Waals surface area contributed by atoms with E-state index in [2.05, 4.69) is 15.6 Å². The predicted octanol–water partition coefficient (Wildman–Crippen LogP) is 3.41. The van der Waals surface area contributed by atoms with Gasteiger partial charge in [0, 0.05) is 23.2 Å². The lowest BCUT2D eigenvalue weighted by molar-refractivity contribution is 0.102. The fourth-order valence-corrected chi connectivity index (χ4v) is 2.42. The molecule has 1 heterocycles. The third kappa shape index (κ3) is 3.30. The SMILES string of the molecule is CNc1cc(C(=O)Nc2ccccc2SC)cc(C)n1. The Balaban J connectivity index is 2.26. The Morgan fingerprint density at radius 2 is 2.00 bits per heavy atom. The zero-order chi connectivity index (χ0) is 14.5. The second kappa shape index (κ2) is 6.43. The topological polar surface area (TPSA) is 54.0 Å². The Bertz CT molecular complexity index is 628. The van der Waals surface area contributed by atoms with Crippen LogP contribution in [0.1, 0.15) is 16.1 Å². The van der Waals surface area contributed by atoms with Crippen molar-refractivity contribution in [3.05, 3.63) is 47.7 Å². The maximum Gasteiger partial charge on any atom is 0.255 e. The van der Waals surface area contributed by atoms with Crippen molar-refractivity contribution in [3.8, 4) is 0 Å². The molecule has 0 saturated carbocycles. The molecule has 1 aromatic heterocycles. The molecule has 0 radical (unpaired) electrons. The molecule has 0 saturated heterocycles. The Kier molecular flexibility index (Phi) is 4.63. The molecular weight excluding hydrogens is 270 g/mol. The Hall–Kier alpha value is -2.01. The van der Waals surface area contributed by atoms with E-state index in [1.54, 1.807) is 30.9 Å². The molecule has 20 heavy (non-hydrogen) atoms. The zero-order valence-corrected chi connectivity index (χ0v) is 12.5. The van der Waals surface area contributed by atoms with Gasteiger partial charge in [-0.25, -0.2) is 4.98 Å². The highest BCUT2D eigenvalue weighted by atomic mass is 32.2. The molecule has 4 nitrogen and oxygen atoms in total. The number of carbonyl (C=O) groups excluding carboxylic acids is 1. The molecule has 0 atom stereocenters. The van der Waals surface area contributed by atoms with Gasteiger partial charge >= 0.3 is 0 Å². The minimum absolute atomic E-state index is 0.131. The summed E-state index contributed by atoms with van der Waals surface area (Å²) in [5.74, 6) is 0.557. The van der Waals surface area contributed by atoms with Crippen LogP contribution >= 0.6 is 11.8 Å². The van der Waals surface area contributed by atoms with Crippen LogP contribution in [0, 0.1) is 6.92 Å². The highest BCUT2D eigenvalue weighted by Crippen LogP contribution is 2.25. The van der Waals surface area contributed by atoms with Gasteiger partial charge in [0.05, 0.1) is 5.69 Å². The number of para-hydroxylation sites is 1. The van der Waals surface area contributed by atoms with Gasteiger partial charge in [-0.3, -0.25) is 4.79 Å². The summed E-state index contributed by atoms with van der Waals surface area (Å²) >= 11 is 1.60. The third-order valence-corrected chi connectivity index (χ3v) is 3.62. The highest BCUT2D eigenvalue weighted by Gasteiger charge is 2.10. The lowest BCUT2D eigenvalue weighted by Crippen LogP contribution is -2.13. The number of thioether (sulfide) groups is 1. The number of anilines is 2. The van der Waals surface area contributed by atoms with Crippen LogP contribution in [-0.2, 0) is 0 Å². The van der Waals surface area contributed by atoms with Crippen molar-refractivity contribution in [2.75, 3.05) is 23.9 Å². The van der Waals surface area contributed by atoms with Gasteiger partial charge in [-0.2, -0.15) is 0 Å². The van der Waals surface area contributed by atoms with Crippen molar-refractivity contribution in [2.45, 2.75) is 11.8 Å². The van der Waals surface area contributed by atoms with Gasteiger partial charge in [0.15, 0.2) is 0 Å². The third-order valence-electron chi connectivity index (χ3n) is 2.83. The summed E-state index contributed by atoms with van der Waals surface area (Å²) in [5.41, 5.74) is 2.23. The van der Waals surface area contributed by atoms with Crippen molar-refractivity contribution < 1.29 is 4.79 Å². The van der Waals surface area contributed by atoms with Crippen LogP contribution in [0.4, 0.5) is 11.5 Å². The van der Waals surface area contributed by atoms with Crippen LogP contribution in [0.15, 0.2) is 41.3 Å². The predicted molar refractivity (Wildman–Crippen MR) is 84.7 cm³/mol. The van der Waals surface area contributed by atoms with Crippen LogP contribution in [0.3, 0.4) is 0 Å². The van der Waals surface area contributed by atoms with E-state index >= 15 is 0 Å². The van der Waals surface area contributed by atoms with Gasteiger partial charge in [0.1, 0.15) is 5.82 Å². The fourth-order valence-electron chi connectivity index (χ4n) is 1.87. The highest BCUT2D eigenvalue weighted by molar-refractivity contribution is 7.98. The van der Waals surface area contributed by atoms with E-state index in [1.807, 2.05) is 37.4 Å². The maximum absolute atomic E-state index is 12.3. The number of nitrogens with zero attached hydrogens (tertiary/aromatic N) is 1. The summed E-state index contributed by atoms with van der Waals surface area (Å²) in [6.07, 6.45) is 1.99. The molecule has 0 aliphatic heterocycles. The number of carbonyl (C=O) groups is 1. The van der Waals surface area contributed by atoms with E-state index in [0.29, 0.717) is 11.4 Å². The van der Waals surface area contributed by atoms with Gasteiger partial charge in [0.2, 0.25) is 0 Å². The lowest BCUT2D eigenvalue weighted by Gasteiger charge is -2.10. The van der Waals surface area contributed by atoms with Gasteiger partial charge in [0.25, 0.3) is 5.91 Å². The van der Waals surface area contributed by atoms with E-state index in [9.17, 15) is 4.79 Å². The number of hydrogen-bond acceptors (Lipinski definition) is 4. The first-order valence-electron chi connectivity index (χ1n) is 6.25. The Labute approximate surface area is 123 Å². The standard InChI is InChI=1S/C15H17N3OS/c1-10-8-11(9-14(16-2)17-10)15(19)18-12-6-4-5-7-13(12)20-3/h4-9H,1-3H3,(H,16,17)(H,18,19). The van der Waals surface area contributed by atoms with Crippen molar-refractivity contribution >= 4 is 29.2 Å². The molecule has 0 aliphatic rings. The molecule has 2 N–H and O–H groups in total. The first-order valence-corrected chi connectivity index (χ1v) is 7.47. The fraction of sp³-hybridized carbons (Fsp3) is 0.200. The molecule has 1 aromatic carbocycles. The van der Waals surface area contributed by atoms with Gasteiger partial charge in [-0.05, 0) is 37.4 Å². The quantitative estimate of drug-likeness (QED) is 0.846. The smallest absolute Gasteiger partial charge is 0.255 e. The summed E-state index contributed by atoms with van der Waals surface area (Å²) in [6.45, 7) is 1.87. The van der Waals surface area contributed by atoms with Gasteiger partial charge in [-0.1, -0.05) is 12.1 Å². The van der Waals surface area contributed by atoms with Crippen molar-refractivity contribution in [1.82, 2.24) is 4.98 Å². The summed E-state index contributed by atoms with van der Waals surface area (Å²) in [4.78, 5) is 17.6. The normalized spacial score (nSPS) is 10.2. The summed E-state index contributed by atoms with van der Waals surface area (Å²) in [5, 5.41) is 5.90. The molecule has 1 amide bonds. The minimum Gasteiger partial charge on any atom is -0.373 e. The number of amides is 1. The summed E-state index contributed by atoms with van der Waals surface area (Å²) < 4.78 is 0. The maximum atomic E-state index is 12.3. The molecule has 0 unspecified atom stereocenters. The number of benzene rings is 1. The van der Waals surface area contributed by atoms with Crippen molar-refractivity contribution in [3.63, 3.8) is 0 Å². The molecule has 0 aliphatic carbocycles. The zero-order valence-electron chi connectivity index (χ0n) is 11.7. The number of hydrogen-bond donors (Lipinski definition) is 2. The lowest BCUT2D eigenvalue weighted by atomic mass is 10.2. The summed E-state index contributed by atoms with van der Waals surface area (Å²) in [6, 6.07) is 11.3. The van der Waals surface area contributed by atoms with Gasteiger partial charge in [-0.15, -0.1) is 11.8 Å². The number of nitrogens with one attached hydrogen (secondary N) is 2. The number of aryl methyl sites for hydroxylation is 1. The number of aromatic nitrogens is 1. The molecular formula is C15H17N3OS. The first-order chi connectivity index (χ1) is 9.63. The second-order valence-corrected chi connectivity index (χ2v) is 5.13. The number of pyridine rings is 1. The van der Waals surface area contributed by atoms with Crippen molar-refractivity contribution in [2.24, 2.45) is 0 Å². The molecule has 0 fully saturated rings. The molecule has 0 bridgehead atoms. The van der Waals surface area contributed by atoms with Crippen LogP contribution in [0.25, 0.3) is 0 Å². The monoisotopic (exact) mass is 287 g/mol. The van der Waals surface area contributed by atoms with E-state index in [1.165, 1.54) is 0 Å². The molecule has 2 rings (SSSR count). The largest absolute Gasteiger partial charge is 0.373 e. The Morgan fingerprint density at radius 1 is 1.25 bits per heavy atom. The van der Waals surface area contributed by atoms with Crippen LogP contribution in [0.2, 0.25) is 0 Å². The van der Waals surface area contributed by atoms with Crippen LogP contribution in [-0.4, -0.2) is 24.2 Å². The average molecular weight is 287 g/mol. The average Bonchev–Trinajstić information content (AvgIpc) is 2.47. The molecule has 0 spiro atoms. The summed E-state index contributed by atoms with van der Waals surface area (Å²) in [7, 11) is 1.78. The second-order valence-electron chi connectivity index (χ2n) is 4.29. The molecule has 5 heteroatoms. The van der Waals surface area contributed by atoms with E-state index < -0.39 is 0 Å². The van der Waals surface area contributed by atoms with E-state index in [4.69, 9.17) is 0 Å². The van der Waals surface area contributed by atoms with Crippen LogP contribution in [0.5, 0.6) is 0 Å². The van der Waals surface area contributed by atoms with Crippen molar-refractivity contribution in [1.29, 1.82) is 0 Å². The minimum atomic E-state index is -0.131.